The largest absolute Gasteiger partial charge is 0.480 e. The standard InChI is InChI=1S/C39H48N12O6/c40-27(17-24-20-43-21-47-24)34(52)49-31(15-22-18-45-28-9-3-1-7-25(22)28)35(53)48-30(11-5-13-44-39(41)42)37(55)51-14-6-12-33(51)36(54)50-32(38(56)57)16-23-19-46-29-10-4-2-8-26(23)29/h1-4,7-10,18-21,27,30-33,45-46H,5-6,11-17,40H2,(H,43,47)(H,48,53)(H,49,52)(H,50,54)(H,56,57)(H4,41,42,44)/t27-,30-,31-,32-,33-/m0/s1. The Morgan fingerprint density at radius 2 is 1.47 bits per heavy atom. The average Bonchev–Trinajstić information content (AvgIpc) is 4.03. The van der Waals surface area contributed by atoms with Crippen LogP contribution in [0, 0.1) is 0 Å². The Morgan fingerprint density at radius 1 is 0.842 bits per heavy atom. The zero-order valence-corrected chi connectivity index (χ0v) is 31.2. The molecule has 18 heteroatoms. The summed E-state index contributed by atoms with van der Waals surface area (Å²) in [6.45, 7) is 0.368. The highest BCUT2D eigenvalue weighted by molar-refractivity contribution is 5.96. The van der Waals surface area contributed by atoms with Crippen molar-refractivity contribution in [2.75, 3.05) is 13.1 Å². The van der Waals surface area contributed by atoms with Gasteiger partial charge in [-0.15, -0.1) is 0 Å². The molecule has 3 aromatic heterocycles. The monoisotopic (exact) mass is 780 g/mol. The second-order valence-corrected chi connectivity index (χ2v) is 14.2. The van der Waals surface area contributed by atoms with Gasteiger partial charge in [-0.1, -0.05) is 36.4 Å². The number of imidazole rings is 1. The molecule has 1 aliphatic heterocycles. The van der Waals surface area contributed by atoms with Crippen molar-refractivity contribution in [3.63, 3.8) is 0 Å². The number of carboxylic acids is 1. The third-order valence-corrected chi connectivity index (χ3v) is 10.2. The number of amides is 4. The topological polar surface area (TPSA) is 296 Å². The van der Waals surface area contributed by atoms with Gasteiger partial charge >= 0.3 is 5.97 Å². The number of likely N-dealkylation sites (tertiary alicyclic amines) is 1. The van der Waals surface area contributed by atoms with Crippen LogP contribution in [-0.2, 0) is 43.2 Å². The van der Waals surface area contributed by atoms with Crippen LogP contribution in [0.4, 0.5) is 0 Å². The number of aromatic nitrogens is 4. The Labute approximate surface area is 327 Å². The molecule has 18 nitrogen and oxygen atoms in total. The fourth-order valence-corrected chi connectivity index (χ4v) is 7.26. The number of aliphatic carboxylic acids is 1. The van der Waals surface area contributed by atoms with Crippen molar-refractivity contribution in [3.8, 4) is 0 Å². The van der Waals surface area contributed by atoms with E-state index in [4.69, 9.17) is 17.2 Å². The molecular weight excluding hydrogens is 733 g/mol. The normalized spacial score (nSPS) is 16.1. The van der Waals surface area contributed by atoms with Crippen molar-refractivity contribution in [3.05, 3.63) is 90.3 Å². The second kappa shape index (κ2) is 18.3. The van der Waals surface area contributed by atoms with Gasteiger partial charge in [0.1, 0.15) is 24.2 Å². The molecule has 1 aliphatic rings. The second-order valence-electron chi connectivity index (χ2n) is 14.2. The van der Waals surface area contributed by atoms with Crippen molar-refractivity contribution in [1.82, 2.24) is 40.8 Å². The number of nitrogens with two attached hydrogens (primary N) is 3. The first-order chi connectivity index (χ1) is 27.5. The lowest BCUT2D eigenvalue weighted by Gasteiger charge is -2.30. The molecule has 5 aromatic rings. The van der Waals surface area contributed by atoms with Crippen LogP contribution in [0.3, 0.4) is 0 Å². The van der Waals surface area contributed by atoms with Crippen molar-refractivity contribution >= 4 is 57.4 Å². The van der Waals surface area contributed by atoms with Crippen LogP contribution in [0.1, 0.15) is 42.5 Å². The van der Waals surface area contributed by atoms with E-state index in [2.05, 4.69) is 40.9 Å². The smallest absolute Gasteiger partial charge is 0.326 e. The SMILES string of the molecule is NC(N)=NCCC[C@H](NC(=O)[C@H](Cc1c[nH]c2ccccc12)NC(=O)[C@@H](N)Cc1cnc[nH]1)C(=O)N1CCC[C@H]1C(=O)N[C@@H](Cc1c[nH]c2ccccc12)C(=O)O. The van der Waals surface area contributed by atoms with Crippen LogP contribution >= 0.6 is 0 Å². The Bertz CT molecular complexity index is 2230. The minimum Gasteiger partial charge on any atom is -0.480 e. The summed E-state index contributed by atoms with van der Waals surface area (Å²) in [6, 6.07) is 9.40. The first kappa shape index (κ1) is 40.0. The quantitative estimate of drug-likeness (QED) is 0.0330. The molecule has 0 spiro atoms. The summed E-state index contributed by atoms with van der Waals surface area (Å²) >= 11 is 0. The number of benzene rings is 2. The van der Waals surface area contributed by atoms with Crippen LogP contribution < -0.4 is 33.2 Å². The molecule has 4 amide bonds. The third-order valence-electron chi connectivity index (χ3n) is 10.2. The Hall–Kier alpha value is -6.69. The molecule has 0 radical (unpaired) electrons. The van der Waals surface area contributed by atoms with Gasteiger partial charge in [-0.25, -0.2) is 9.78 Å². The Morgan fingerprint density at radius 3 is 2.09 bits per heavy atom. The zero-order valence-electron chi connectivity index (χ0n) is 31.2. The van der Waals surface area contributed by atoms with Crippen molar-refractivity contribution in [2.24, 2.45) is 22.2 Å². The van der Waals surface area contributed by atoms with Gasteiger partial charge in [0.15, 0.2) is 5.96 Å². The van der Waals surface area contributed by atoms with E-state index >= 15 is 0 Å². The van der Waals surface area contributed by atoms with Gasteiger partial charge in [0, 0.05) is 78.4 Å². The predicted octanol–water partition coefficient (Wildman–Crippen LogP) is 0.311. The van der Waals surface area contributed by atoms with Gasteiger partial charge in [0.05, 0.1) is 12.4 Å². The highest BCUT2D eigenvalue weighted by Gasteiger charge is 2.39. The van der Waals surface area contributed by atoms with Gasteiger partial charge in [0.2, 0.25) is 23.6 Å². The number of nitrogens with zero attached hydrogens (tertiary/aromatic N) is 3. The van der Waals surface area contributed by atoms with Crippen LogP contribution in [-0.4, -0.2) is 109 Å². The fourth-order valence-electron chi connectivity index (χ4n) is 7.26. The van der Waals surface area contributed by atoms with E-state index < -0.39 is 59.8 Å². The lowest BCUT2D eigenvalue weighted by molar-refractivity contribution is -0.145. The molecule has 1 fully saturated rings. The van der Waals surface area contributed by atoms with Gasteiger partial charge in [-0.3, -0.25) is 24.2 Å². The summed E-state index contributed by atoms with van der Waals surface area (Å²) < 4.78 is 0. The minimum atomic E-state index is -1.27. The summed E-state index contributed by atoms with van der Waals surface area (Å²) in [7, 11) is 0. The number of nitrogens with one attached hydrogen (secondary N) is 6. The molecule has 57 heavy (non-hydrogen) atoms. The third kappa shape index (κ3) is 9.95. The fraction of sp³-hybridized carbons (Fsp3) is 0.359. The number of hydrogen-bond acceptors (Lipinski definition) is 8. The average molecular weight is 781 g/mol. The summed E-state index contributed by atoms with van der Waals surface area (Å²) in [5.41, 5.74) is 21.1. The molecule has 0 unspecified atom stereocenters. The highest BCUT2D eigenvalue weighted by Crippen LogP contribution is 2.23. The first-order valence-corrected chi connectivity index (χ1v) is 18.8. The number of hydrogen-bond donors (Lipinski definition) is 10. The number of para-hydroxylation sites is 2. The van der Waals surface area contributed by atoms with Crippen molar-refractivity contribution in [1.29, 1.82) is 0 Å². The summed E-state index contributed by atoms with van der Waals surface area (Å²) in [5, 5.41) is 20.1. The number of aromatic amines is 3. The van der Waals surface area contributed by atoms with Crippen LogP contribution in [0.2, 0.25) is 0 Å². The Balaban J connectivity index is 1.20. The molecule has 5 atom stereocenters. The number of H-pyrrole nitrogens is 3. The molecule has 6 rings (SSSR count). The summed E-state index contributed by atoms with van der Waals surface area (Å²) in [5.74, 6) is -3.74. The maximum atomic E-state index is 14.4. The molecule has 1 saturated heterocycles. The van der Waals surface area contributed by atoms with Gasteiger partial charge in [-0.2, -0.15) is 0 Å². The van der Waals surface area contributed by atoms with E-state index in [-0.39, 0.29) is 44.7 Å². The van der Waals surface area contributed by atoms with E-state index in [1.54, 1.807) is 18.6 Å². The first-order valence-electron chi connectivity index (χ1n) is 18.8. The molecule has 2 aromatic carbocycles. The Kier molecular flexibility index (Phi) is 12.8. The molecule has 4 heterocycles. The molecule has 0 saturated carbocycles. The van der Waals surface area contributed by atoms with Gasteiger partial charge in [0.25, 0.3) is 0 Å². The predicted molar refractivity (Wildman–Crippen MR) is 212 cm³/mol. The summed E-state index contributed by atoms with van der Waals surface area (Å²) in [6.07, 6.45) is 7.88. The molecule has 300 valence electrons. The van der Waals surface area contributed by atoms with Crippen molar-refractivity contribution < 1.29 is 29.1 Å². The molecule has 13 N–H and O–H groups in total. The maximum Gasteiger partial charge on any atom is 0.326 e. The minimum absolute atomic E-state index is 0.0182. The van der Waals surface area contributed by atoms with Gasteiger partial charge in [-0.05, 0) is 48.9 Å². The highest BCUT2D eigenvalue weighted by atomic mass is 16.4. The number of fused-ring (bicyclic) bond motifs is 2. The van der Waals surface area contributed by atoms with E-state index in [9.17, 15) is 29.1 Å². The van der Waals surface area contributed by atoms with E-state index in [1.807, 2.05) is 48.5 Å². The molecule has 0 aliphatic carbocycles. The van der Waals surface area contributed by atoms with Crippen LogP contribution in [0.5, 0.6) is 0 Å². The van der Waals surface area contributed by atoms with Crippen LogP contribution in [0.15, 0.2) is 78.4 Å². The number of carbonyl (C=O) groups excluding carboxylic acids is 4. The number of guanidine groups is 1. The maximum absolute atomic E-state index is 14.4. The van der Waals surface area contributed by atoms with Crippen LogP contribution in [0.25, 0.3) is 21.8 Å². The molecule has 0 bridgehead atoms. The number of rotatable bonds is 18. The van der Waals surface area contributed by atoms with E-state index in [0.717, 1.165) is 32.9 Å². The number of aliphatic imine (C=N–C) groups is 1. The van der Waals surface area contributed by atoms with Crippen molar-refractivity contribution in [2.45, 2.75) is 75.2 Å². The lowest BCUT2D eigenvalue weighted by Crippen LogP contribution is -2.58. The molecular formula is C39H48N12O6. The number of carbonyl (C=O) groups is 5. The lowest BCUT2D eigenvalue weighted by atomic mass is 10.0. The van der Waals surface area contributed by atoms with E-state index in [0.29, 0.717) is 25.0 Å². The summed E-state index contributed by atoms with van der Waals surface area (Å²) in [4.78, 5) is 86.8. The number of carboxylic acid groups (broad SMARTS) is 1. The van der Waals surface area contributed by atoms with E-state index in [1.165, 1.54) is 11.2 Å². The zero-order chi connectivity index (χ0) is 40.5. The van der Waals surface area contributed by atoms with Gasteiger partial charge < -0.3 is 58.1 Å².